The van der Waals surface area contributed by atoms with Gasteiger partial charge in [0.25, 0.3) is 12.1 Å². The highest BCUT2D eigenvalue weighted by Crippen LogP contribution is 2.32. The smallest absolute Gasteiger partial charge is 0.450 e. The Hall–Kier alpha value is -1.11. The molecule has 0 aromatic heterocycles. The van der Waals surface area contributed by atoms with Crippen LogP contribution in [0.3, 0.4) is 0 Å². The maximum absolute atomic E-state index is 10.3. The second-order valence-electron chi connectivity index (χ2n) is 3.16. The van der Waals surface area contributed by atoms with E-state index in [2.05, 4.69) is 21.1 Å². The molecule has 1 aliphatic heterocycles. The zero-order valence-electron chi connectivity index (χ0n) is 7.98. The molecule has 0 radical (unpaired) electrons. The van der Waals surface area contributed by atoms with Crippen LogP contribution in [0.2, 0.25) is 0 Å². The summed E-state index contributed by atoms with van der Waals surface area (Å²) in [6.07, 6.45) is -2.30. The van der Waals surface area contributed by atoms with E-state index in [1.807, 2.05) is 0 Å². The van der Waals surface area contributed by atoms with Crippen LogP contribution in [-0.4, -0.2) is 29.9 Å². The lowest BCUT2D eigenvalue weighted by Gasteiger charge is -2.41. The molecule has 6 heteroatoms. The van der Waals surface area contributed by atoms with E-state index < -0.39 is 18.2 Å². The highest BCUT2D eigenvalue weighted by molar-refractivity contribution is 5.57. The molecular formula is C8H12O6. The number of carboxylic acid groups (broad SMARTS) is 1. The summed E-state index contributed by atoms with van der Waals surface area (Å²) in [6, 6.07) is 0. The van der Waals surface area contributed by atoms with Crippen LogP contribution in [0.5, 0.6) is 0 Å². The van der Waals surface area contributed by atoms with Gasteiger partial charge in [0.05, 0.1) is 6.61 Å². The Bertz CT molecular complexity index is 250. The Balaban J connectivity index is 2.40. The number of hydrogen-bond acceptors (Lipinski definition) is 5. The highest BCUT2D eigenvalue weighted by atomic mass is 17.3. The maximum Gasteiger partial charge on any atom is 0.508 e. The van der Waals surface area contributed by atoms with Gasteiger partial charge in [0.2, 0.25) is 0 Å². The minimum Gasteiger partial charge on any atom is -0.450 e. The van der Waals surface area contributed by atoms with Gasteiger partial charge in [-0.25, -0.2) is 4.79 Å². The number of hydrogen-bond donors (Lipinski definition) is 1. The quantitative estimate of drug-likeness (QED) is 0.422. The SMILES string of the molecule is C=C(C)COC1OOC1(C)OC(=O)O. The van der Waals surface area contributed by atoms with Crippen LogP contribution in [0.25, 0.3) is 0 Å². The molecule has 14 heavy (non-hydrogen) atoms. The van der Waals surface area contributed by atoms with Crippen molar-refractivity contribution in [1.29, 1.82) is 0 Å². The molecule has 2 unspecified atom stereocenters. The molecule has 0 aliphatic carbocycles. The minimum atomic E-state index is -1.44. The molecule has 1 N–H and O–H groups in total. The first kappa shape index (κ1) is 11.0. The summed E-state index contributed by atoms with van der Waals surface area (Å²) in [6.45, 7) is 7.06. The summed E-state index contributed by atoms with van der Waals surface area (Å²) in [5.74, 6) is -1.39. The molecule has 0 aromatic rings. The van der Waals surface area contributed by atoms with Crippen molar-refractivity contribution in [2.24, 2.45) is 0 Å². The van der Waals surface area contributed by atoms with E-state index in [0.29, 0.717) is 0 Å². The normalized spacial score (nSPS) is 30.6. The first-order valence-corrected chi connectivity index (χ1v) is 3.96. The van der Waals surface area contributed by atoms with E-state index in [-0.39, 0.29) is 6.61 Å². The van der Waals surface area contributed by atoms with Gasteiger partial charge in [0.1, 0.15) is 0 Å². The molecule has 1 heterocycles. The van der Waals surface area contributed by atoms with E-state index >= 15 is 0 Å². The third-order valence-corrected chi connectivity index (χ3v) is 1.50. The van der Waals surface area contributed by atoms with Crippen LogP contribution in [-0.2, 0) is 19.2 Å². The maximum atomic E-state index is 10.3. The third kappa shape index (κ3) is 2.44. The number of rotatable bonds is 4. The van der Waals surface area contributed by atoms with Gasteiger partial charge in [-0.15, -0.1) is 0 Å². The molecule has 1 fully saturated rings. The molecule has 1 saturated heterocycles. The standard InChI is InChI=1S/C8H12O6/c1-5(2)4-11-6-8(3,14-13-6)12-7(9)10/h6H,1,4H2,2-3H3,(H,9,10). The van der Waals surface area contributed by atoms with Crippen molar-refractivity contribution in [3.8, 4) is 0 Å². The van der Waals surface area contributed by atoms with Crippen LogP contribution in [0.1, 0.15) is 13.8 Å². The number of ether oxygens (including phenoxy) is 2. The highest BCUT2D eigenvalue weighted by Gasteiger charge is 2.53. The summed E-state index contributed by atoms with van der Waals surface area (Å²) in [7, 11) is 0. The monoisotopic (exact) mass is 204 g/mol. The Morgan fingerprint density at radius 3 is 2.71 bits per heavy atom. The van der Waals surface area contributed by atoms with Gasteiger partial charge in [0, 0.05) is 6.92 Å². The van der Waals surface area contributed by atoms with E-state index in [0.717, 1.165) is 5.57 Å². The van der Waals surface area contributed by atoms with Gasteiger partial charge >= 0.3 is 6.16 Å². The molecular weight excluding hydrogens is 192 g/mol. The van der Waals surface area contributed by atoms with Gasteiger partial charge in [-0.3, -0.25) is 0 Å². The lowest BCUT2D eigenvalue weighted by molar-refractivity contribution is -0.601. The lowest BCUT2D eigenvalue weighted by atomic mass is 10.3. The molecule has 0 spiro atoms. The van der Waals surface area contributed by atoms with Gasteiger partial charge in [0.15, 0.2) is 0 Å². The number of carbonyl (C=O) groups is 1. The fraction of sp³-hybridized carbons (Fsp3) is 0.625. The van der Waals surface area contributed by atoms with Crippen LogP contribution in [0, 0.1) is 0 Å². The third-order valence-electron chi connectivity index (χ3n) is 1.50. The van der Waals surface area contributed by atoms with Gasteiger partial charge in [-0.05, 0) is 6.92 Å². The molecule has 1 rings (SSSR count). The summed E-state index contributed by atoms with van der Waals surface area (Å²) in [5, 5.41) is 8.38. The van der Waals surface area contributed by atoms with Gasteiger partial charge in [-0.1, -0.05) is 12.2 Å². The fourth-order valence-corrected chi connectivity index (χ4v) is 0.858. The molecule has 0 amide bonds. The van der Waals surface area contributed by atoms with Crippen LogP contribution >= 0.6 is 0 Å². The molecule has 0 bridgehead atoms. The van der Waals surface area contributed by atoms with Gasteiger partial charge < -0.3 is 14.6 Å². The molecule has 2 atom stereocenters. The Kier molecular flexibility index (Phi) is 3.10. The molecule has 6 nitrogen and oxygen atoms in total. The van der Waals surface area contributed by atoms with Crippen LogP contribution in [0.4, 0.5) is 4.79 Å². The molecule has 80 valence electrons. The van der Waals surface area contributed by atoms with Gasteiger partial charge in [-0.2, -0.15) is 9.78 Å². The Labute approximate surface area is 80.9 Å². The largest absolute Gasteiger partial charge is 0.508 e. The van der Waals surface area contributed by atoms with Crippen LogP contribution < -0.4 is 0 Å². The summed E-state index contributed by atoms with van der Waals surface area (Å²) < 4.78 is 9.55. The van der Waals surface area contributed by atoms with Crippen molar-refractivity contribution < 1.29 is 29.1 Å². The molecule has 0 aromatic carbocycles. The van der Waals surface area contributed by atoms with Crippen molar-refractivity contribution >= 4 is 6.16 Å². The average molecular weight is 204 g/mol. The van der Waals surface area contributed by atoms with Crippen molar-refractivity contribution in [3.05, 3.63) is 12.2 Å². The zero-order valence-corrected chi connectivity index (χ0v) is 7.98. The van der Waals surface area contributed by atoms with Crippen molar-refractivity contribution in [2.75, 3.05) is 6.61 Å². The lowest BCUT2D eigenvalue weighted by Crippen LogP contribution is -2.58. The summed E-state index contributed by atoms with van der Waals surface area (Å²) in [5.41, 5.74) is 0.790. The second kappa shape index (κ2) is 3.95. The van der Waals surface area contributed by atoms with E-state index in [4.69, 9.17) is 9.84 Å². The first-order valence-electron chi connectivity index (χ1n) is 3.96. The van der Waals surface area contributed by atoms with Crippen molar-refractivity contribution in [1.82, 2.24) is 0 Å². The molecule has 1 aliphatic rings. The van der Waals surface area contributed by atoms with Crippen molar-refractivity contribution in [3.63, 3.8) is 0 Å². The van der Waals surface area contributed by atoms with E-state index in [9.17, 15) is 4.79 Å². The molecule has 0 saturated carbocycles. The topological polar surface area (TPSA) is 74.2 Å². The zero-order chi connectivity index (χ0) is 10.8. The Morgan fingerprint density at radius 2 is 2.36 bits per heavy atom. The fourth-order valence-electron chi connectivity index (χ4n) is 0.858. The second-order valence-corrected chi connectivity index (χ2v) is 3.16. The minimum absolute atomic E-state index is 0.257. The summed E-state index contributed by atoms with van der Waals surface area (Å²) >= 11 is 0. The van der Waals surface area contributed by atoms with E-state index in [1.165, 1.54) is 6.92 Å². The van der Waals surface area contributed by atoms with Crippen LogP contribution in [0.15, 0.2) is 12.2 Å². The van der Waals surface area contributed by atoms with E-state index in [1.54, 1.807) is 6.92 Å². The average Bonchev–Trinajstić information content (AvgIpc) is 2.00. The predicted octanol–water partition coefficient (Wildman–Crippen LogP) is 1.28. The predicted molar refractivity (Wildman–Crippen MR) is 44.2 cm³/mol. The summed E-state index contributed by atoms with van der Waals surface area (Å²) in [4.78, 5) is 19.3. The Morgan fingerprint density at radius 1 is 1.71 bits per heavy atom. The van der Waals surface area contributed by atoms with Crippen molar-refractivity contribution in [2.45, 2.75) is 25.9 Å². The first-order chi connectivity index (χ1) is 6.44.